The van der Waals surface area contributed by atoms with E-state index < -0.39 is 0 Å². The van der Waals surface area contributed by atoms with Crippen molar-refractivity contribution in [2.75, 3.05) is 0 Å². The van der Waals surface area contributed by atoms with Crippen LogP contribution in [0.15, 0.2) is 157 Å². The zero-order valence-corrected chi connectivity index (χ0v) is 28.9. The number of hydrogen-bond donors (Lipinski definition) is 1. The molecule has 2 aliphatic carbocycles. The Hall–Kier alpha value is -5.99. The molecule has 0 amide bonds. The Morgan fingerprint density at radius 2 is 1.37 bits per heavy atom. The minimum Gasteiger partial charge on any atom is -0.359 e. The van der Waals surface area contributed by atoms with Crippen LogP contribution in [0, 0.1) is 0 Å². The number of amidine groups is 1. The molecule has 1 heterocycles. The van der Waals surface area contributed by atoms with Gasteiger partial charge >= 0.3 is 0 Å². The van der Waals surface area contributed by atoms with E-state index in [1.54, 1.807) is 0 Å². The van der Waals surface area contributed by atoms with Crippen LogP contribution in [0.5, 0.6) is 0 Å². The standard InChI is InChI=1S/C49H38N2/c1-49(2)43-29-35(45-30-44(31-15-5-3-6-16-31)50-48(51-45)32-17-7-4-8-18-32)25-26-40(43)46-42(28-34-20-10-12-22-37(34)47(46)49)41-27-33-19-9-11-21-36(33)38-23-13-14-24-39(38)41/h3-8,10-18,20-30,44H,9,19H2,1-2H3,(H,50,51). The van der Waals surface area contributed by atoms with E-state index in [0.717, 1.165) is 35.5 Å². The highest BCUT2D eigenvalue weighted by molar-refractivity contribution is 6.11. The van der Waals surface area contributed by atoms with Crippen LogP contribution in [0.1, 0.15) is 65.3 Å². The Labute approximate surface area is 299 Å². The molecule has 0 bridgehead atoms. The lowest BCUT2D eigenvalue weighted by atomic mass is 9.78. The van der Waals surface area contributed by atoms with Crippen LogP contribution in [0.3, 0.4) is 0 Å². The Morgan fingerprint density at radius 3 is 2.20 bits per heavy atom. The van der Waals surface area contributed by atoms with Gasteiger partial charge in [-0.25, -0.2) is 4.99 Å². The normalized spacial score (nSPS) is 16.9. The number of nitrogens with zero attached hydrogens (tertiary/aromatic N) is 1. The molecule has 0 spiro atoms. The van der Waals surface area contributed by atoms with Crippen molar-refractivity contribution in [1.82, 2.24) is 5.32 Å². The van der Waals surface area contributed by atoms with E-state index in [-0.39, 0.29) is 11.5 Å². The number of aryl methyl sites for hydroxylation is 1. The molecule has 2 heteroatoms. The molecule has 1 N–H and O–H groups in total. The maximum atomic E-state index is 5.27. The highest BCUT2D eigenvalue weighted by Gasteiger charge is 2.39. The van der Waals surface area contributed by atoms with Gasteiger partial charge in [0.1, 0.15) is 5.84 Å². The molecule has 2 nitrogen and oxygen atoms in total. The van der Waals surface area contributed by atoms with Gasteiger partial charge in [0.2, 0.25) is 0 Å². The maximum Gasteiger partial charge on any atom is 0.134 e. The summed E-state index contributed by atoms with van der Waals surface area (Å²) in [6.07, 6.45) is 9.10. The molecule has 51 heavy (non-hydrogen) atoms. The van der Waals surface area contributed by atoms with Gasteiger partial charge in [-0.15, -0.1) is 0 Å². The number of allylic oxidation sites excluding steroid dienone is 1. The molecule has 0 radical (unpaired) electrons. The predicted octanol–water partition coefficient (Wildman–Crippen LogP) is 12.1. The average molecular weight is 655 g/mol. The van der Waals surface area contributed by atoms with Crippen LogP contribution >= 0.6 is 0 Å². The van der Waals surface area contributed by atoms with Crippen molar-refractivity contribution in [1.29, 1.82) is 0 Å². The van der Waals surface area contributed by atoms with E-state index in [1.165, 1.54) is 71.6 Å². The topological polar surface area (TPSA) is 24.4 Å². The van der Waals surface area contributed by atoms with E-state index in [4.69, 9.17) is 4.99 Å². The molecule has 0 aromatic heterocycles. The zero-order chi connectivity index (χ0) is 34.1. The summed E-state index contributed by atoms with van der Waals surface area (Å²) in [4.78, 5) is 5.27. The van der Waals surface area contributed by atoms with Crippen molar-refractivity contribution in [3.8, 4) is 22.3 Å². The van der Waals surface area contributed by atoms with Crippen LogP contribution in [0.2, 0.25) is 0 Å². The molecule has 7 aromatic rings. The monoisotopic (exact) mass is 654 g/mol. The molecule has 10 rings (SSSR count). The van der Waals surface area contributed by atoms with Crippen LogP contribution in [0.4, 0.5) is 0 Å². The fraction of sp³-hybridized carbons (Fsp3) is 0.122. The molecule has 0 saturated carbocycles. The van der Waals surface area contributed by atoms with Crippen LogP contribution in [-0.4, -0.2) is 5.84 Å². The van der Waals surface area contributed by atoms with Gasteiger partial charge in [0.15, 0.2) is 0 Å². The third-order valence-corrected chi connectivity index (χ3v) is 11.3. The first-order valence-corrected chi connectivity index (χ1v) is 18.1. The smallest absolute Gasteiger partial charge is 0.134 e. The lowest BCUT2D eigenvalue weighted by Crippen LogP contribution is -2.31. The maximum absolute atomic E-state index is 5.27. The first-order valence-electron chi connectivity index (χ1n) is 18.1. The summed E-state index contributed by atoms with van der Waals surface area (Å²) < 4.78 is 0. The Kier molecular flexibility index (Phi) is 6.76. The van der Waals surface area contributed by atoms with Crippen molar-refractivity contribution in [2.24, 2.45) is 4.99 Å². The van der Waals surface area contributed by atoms with Crippen molar-refractivity contribution >= 4 is 39.2 Å². The summed E-state index contributed by atoms with van der Waals surface area (Å²) in [5.41, 5.74) is 15.2. The van der Waals surface area contributed by atoms with E-state index >= 15 is 0 Å². The second-order valence-electron chi connectivity index (χ2n) is 14.7. The van der Waals surface area contributed by atoms with Crippen LogP contribution in [-0.2, 0) is 11.8 Å². The van der Waals surface area contributed by atoms with Crippen molar-refractivity contribution in [3.05, 3.63) is 191 Å². The summed E-state index contributed by atoms with van der Waals surface area (Å²) >= 11 is 0. The van der Waals surface area contributed by atoms with Gasteiger partial charge in [-0.3, -0.25) is 0 Å². The highest BCUT2D eigenvalue weighted by Crippen LogP contribution is 2.56. The number of nitrogens with one attached hydrogen (secondary N) is 1. The fourth-order valence-corrected chi connectivity index (χ4v) is 8.87. The van der Waals surface area contributed by atoms with Crippen molar-refractivity contribution in [2.45, 2.75) is 38.1 Å². The van der Waals surface area contributed by atoms with Gasteiger partial charge in [-0.05, 0) is 109 Å². The molecular weight excluding hydrogens is 617 g/mol. The lowest BCUT2D eigenvalue weighted by Gasteiger charge is -2.26. The summed E-state index contributed by atoms with van der Waals surface area (Å²) in [5.74, 6) is 0.896. The molecule has 3 aliphatic rings. The molecule has 1 atom stereocenters. The van der Waals surface area contributed by atoms with Gasteiger partial charge < -0.3 is 5.32 Å². The third-order valence-electron chi connectivity index (χ3n) is 11.3. The summed E-state index contributed by atoms with van der Waals surface area (Å²) in [6.45, 7) is 4.82. The van der Waals surface area contributed by atoms with Gasteiger partial charge in [0, 0.05) is 16.5 Å². The molecule has 0 saturated heterocycles. The minimum absolute atomic E-state index is 0.00930. The highest BCUT2D eigenvalue weighted by atomic mass is 15.0. The first kappa shape index (κ1) is 29.9. The second kappa shape index (κ2) is 11.5. The van der Waals surface area contributed by atoms with Crippen molar-refractivity contribution < 1.29 is 0 Å². The Morgan fingerprint density at radius 1 is 0.647 bits per heavy atom. The summed E-state index contributed by atoms with van der Waals surface area (Å²) in [5, 5.41) is 9.00. The van der Waals surface area contributed by atoms with E-state index in [1.807, 2.05) is 0 Å². The first-order chi connectivity index (χ1) is 25.0. The number of fused-ring (bicyclic) bond motifs is 8. The minimum atomic E-state index is -0.221. The molecule has 0 fully saturated rings. The Bertz CT molecular complexity index is 2620. The van der Waals surface area contributed by atoms with Gasteiger partial charge in [-0.1, -0.05) is 147 Å². The third kappa shape index (κ3) is 4.74. The van der Waals surface area contributed by atoms with E-state index in [2.05, 4.69) is 177 Å². The van der Waals surface area contributed by atoms with Crippen molar-refractivity contribution in [3.63, 3.8) is 0 Å². The van der Waals surface area contributed by atoms with Gasteiger partial charge in [0.05, 0.1) is 11.7 Å². The van der Waals surface area contributed by atoms with Gasteiger partial charge in [-0.2, -0.15) is 0 Å². The largest absolute Gasteiger partial charge is 0.359 e. The predicted molar refractivity (Wildman–Crippen MR) is 215 cm³/mol. The second-order valence-corrected chi connectivity index (χ2v) is 14.7. The molecule has 244 valence electrons. The average Bonchev–Trinajstić information content (AvgIpc) is 3.44. The zero-order valence-electron chi connectivity index (χ0n) is 28.9. The number of benzene rings is 7. The summed E-state index contributed by atoms with van der Waals surface area (Å²) in [7, 11) is 0. The molecule has 1 unspecified atom stereocenters. The molecule has 1 aliphatic heterocycles. The van der Waals surface area contributed by atoms with Crippen LogP contribution < -0.4 is 5.32 Å². The SMILES string of the molecule is CC1(C)c2cc(C3=CC(c4ccccc4)NC(c4ccccc4)=N3)ccc2-c2c(-c3cc4c(c5ccccc35)C=CCC4)cc3ccccc3c21. The number of aliphatic imine (C=N–C) groups is 1. The molecular formula is C49H38N2. The molecule has 7 aromatic carbocycles. The number of rotatable bonds is 4. The fourth-order valence-electron chi connectivity index (χ4n) is 8.87. The Balaban J connectivity index is 1.20. The van der Waals surface area contributed by atoms with Crippen LogP contribution in [0.25, 0.3) is 55.6 Å². The van der Waals surface area contributed by atoms with Gasteiger partial charge in [0.25, 0.3) is 0 Å². The number of hydrogen-bond acceptors (Lipinski definition) is 2. The van der Waals surface area contributed by atoms with E-state index in [9.17, 15) is 0 Å². The van der Waals surface area contributed by atoms with E-state index in [0.29, 0.717) is 0 Å². The summed E-state index contributed by atoms with van der Waals surface area (Å²) in [6, 6.07) is 51.2. The quantitative estimate of drug-likeness (QED) is 0.201. The lowest BCUT2D eigenvalue weighted by molar-refractivity contribution is 0.666.